The molecule has 3 aliphatic heterocycles. The Kier molecular flexibility index (Phi) is 4.41. The first-order chi connectivity index (χ1) is 11.3. The number of hydrogen-bond acceptors (Lipinski definition) is 9. The van der Waals surface area contributed by atoms with Gasteiger partial charge in [-0.25, -0.2) is 9.59 Å². The molecule has 0 aromatic carbocycles. The van der Waals surface area contributed by atoms with E-state index < -0.39 is 51.7 Å². The van der Waals surface area contributed by atoms with Crippen LogP contribution < -0.4 is 0 Å². The highest BCUT2D eigenvalue weighted by molar-refractivity contribution is 7.87. The zero-order valence-corrected chi connectivity index (χ0v) is 13.8. The van der Waals surface area contributed by atoms with E-state index in [9.17, 15) is 18.0 Å². The summed E-state index contributed by atoms with van der Waals surface area (Å²) in [7, 11) is -3.63. The van der Waals surface area contributed by atoms with Gasteiger partial charge in [-0.05, 0) is 13.3 Å². The Bertz CT molecular complexity index is 657. The third-order valence-electron chi connectivity index (χ3n) is 4.40. The van der Waals surface area contributed by atoms with Crippen molar-refractivity contribution in [1.82, 2.24) is 0 Å². The molecule has 3 heterocycles. The molecule has 0 spiro atoms. The van der Waals surface area contributed by atoms with Crippen LogP contribution in [-0.2, 0) is 42.8 Å². The van der Waals surface area contributed by atoms with E-state index in [4.69, 9.17) is 18.4 Å². The van der Waals surface area contributed by atoms with Crippen molar-refractivity contribution in [3.63, 3.8) is 0 Å². The predicted molar refractivity (Wildman–Crippen MR) is 77.3 cm³/mol. The third kappa shape index (κ3) is 2.83. The highest BCUT2D eigenvalue weighted by Crippen LogP contribution is 2.54. The highest BCUT2D eigenvalue weighted by atomic mass is 32.2. The maximum absolute atomic E-state index is 11.9. The number of carbonyl (C=O) groups is 2. The lowest BCUT2D eigenvalue weighted by Gasteiger charge is -2.30. The Morgan fingerprint density at radius 2 is 2.08 bits per heavy atom. The van der Waals surface area contributed by atoms with E-state index in [1.807, 2.05) is 0 Å². The van der Waals surface area contributed by atoms with Crippen LogP contribution in [0.3, 0.4) is 0 Å². The first kappa shape index (κ1) is 17.3. The smallest absolute Gasteiger partial charge is 0.344 e. The fourth-order valence-corrected chi connectivity index (χ4v) is 5.30. The largest absolute Gasteiger partial charge is 0.461 e. The van der Waals surface area contributed by atoms with E-state index in [0.29, 0.717) is 6.42 Å². The molecule has 3 aliphatic rings. The zero-order chi connectivity index (χ0) is 17.5. The van der Waals surface area contributed by atoms with Gasteiger partial charge in [-0.15, -0.1) is 0 Å². The van der Waals surface area contributed by atoms with Crippen molar-refractivity contribution < 1.29 is 41.1 Å². The maximum atomic E-state index is 11.9. The summed E-state index contributed by atoms with van der Waals surface area (Å²) in [5.41, 5.74) is -1.05. The summed E-state index contributed by atoms with van der Waals surface area (Å²) in [5, 5.41) is -0.635. The number of carbonyl (C=O) groups excluding carboxylic acids is 2. The van der Waals surface area contributed by atoms with Crippen LogP contribution in [-0.4, -0.2) is 69.3 Å². The molecule has 3 rings (SSSR count). The van der Waals surface area contributed by atoms with Crippen molar-refractivity contribution in [3.05, 3.63) is 12.7 Å². The predicted octanol–water partition coefficient (Wildman–Crippen LogP) is -0.698. The Hall–Kier alpha value is -1.49. The lowest BCUT2D eigenvalue weighted by atomic mass is 9.83. The van der Waals surface area contributed by atoms with Crippen molar-refractivity contribution in [2.24, 2.45) is 0 Å². The van der Waals surface area contributed by atoms with E-state index >= 15 is 0 Å². The van der Waals surface area contributed by atoms with Crippen molar-refractivity contribution >= 4 is 22.1 Å². The molecule has 2 bridgehead atoms. The summed E-state index contributed by atoms with van der Waals surface area (Å²) >= 11 is 0. The molecule has 0 amide bonds. The number of ether oxygens (including phenoxy) is 4. The normalized spacial score (nSPS) is 38.0. The molecular formula is C14H18O9S. The molecule has 134 valence electrons. The van der Waals surface area contributed by atoms with E-state index in [2.05, 4.69) is 11.3 Å². The molecule has 10 heteroatoms. The first-order valence-electron chi connectivity index (χ1n) is 7.44. The second-order valence-corrected chi connectivity index (χ2v) is 7.71. The second-order valence-electron chi connectivity index (χ2n) is 5.95. The van der Waals surface area contributed by atoms with Gasteiger partial charge in [-0.3, -0.25) is 4.18 Å². The lowest BCUT2D eigenvalue weighted by molar-refractivity contribution is -0.158. The van der Waals surface area contributed by atoms with Crippen molar-refractivity contribution in [2.75, 3.05) is 19.8 Å². The van der Waals surface area contributed by atoms with Crippen molar-refractivity contribution in [2.45, 2.75) is 42.5 Å². The van der Waals surface area contributed by atoms with E-state index in [1.54, 1.807) is 6.92 Å². The zero-order valence-electron chi connectivity index (χ0n) is 13.0. The van der Waals surface area contributed by atoms with Gasteiger partial charge in [0, 0.05) is 6.08 Å². The van der Waals surface area contributed by atoms with Gasteiger partial charge in [-0.1, -0.05) is 6.58 Å². The van der Waals surface area contributed by atoms with Crippen LogP contribution in [0.5, 0.6) is 0 Å². The van der Waals surface area contributed by atoms with Gasteiger partial charge in [0.05, 0.1) is 12.7 Å². The highest BCUT2D eigenvalue weighted by Gasteiger charge is 2.72. The molecule has 0 aromatic heterocycles. The molecule has 0 aromatic rings. The number of hydrogen-bond donors (Lipinski definition) is 0. The fraction of sp³-hybridized carbons (Fsp3) is 0.714. The van der Waals surface area contributed by atoms with Crippen LogP contribution in [0, 0.1) is 0 Å². The van der Waals surface area contributed by atoms with Crippen LogP contribution in [0.25, 0.3) is 0 Å². The summed E-state index contributed by atoms with van der Waals surface area (Å²) in [5.74, 6) is -1.44. The minimum Gasteiger partial charge on any atom is -0.461 e. The maximum Gasteiger partial charge on any atom is 0.344 e. The average molecular weight is 362 g/mol. The van der Waals surface area contributed by atoms with Gasteiger partial charge in [0.25, 0.3) is 10.1 Å². The molecule has 5 atom stereocenters. The van der Waals surface area contributed by atoms with Crippen LogP contribution in [0.1, 0.15) is 13.3 Å². The minimum absolute atomic E-state index is 0.0437. The standard InChI is InChI=1S/C14H18O9S/c1-3-10(15)21-7-11(16)19-4-5-20-12-8-6-9-13(22-8)14(12,2)23-24(9,17)18/h3,8-9,12-13H,1,4-7H2,2H3. The second kappa shape index (κ2) is 6.10. The van der Waals surface area contributed by atoms with Crippen molar-refractivity contribution in [1.29, 1.82) is 0 Å². The van der Waals surface area contributed by atoms with Gasteiger partial charge in [0.1, 0.15) is 29.7 Å². The molecule has 0 aliphatic carbocycles. The minimum atomic E-state index is -3.63. The average Bonchev–Trinajstić information content (AvgIpc) is 3.10. The molecule has 3 saturated heterocycles. The van der Waals surface area contributed by atoms with Crippen LogP contribution in [0.15, 0.2) is 12.7 Å². The molecular weight excluding hydrogens is 344 g/mol. The van der Waals surface area contributed by atoms with E-state index in [-0.39, 0.29) is 19.3 Å². The molecule has 3 fully saturated rings. The third-order valence-corrected chi connectivity index (χ3v) is 6.17. The summed E-state index contributed by atoms with van der Waals surface area (Å²) in [6, 6.07) is 0. The van der Waals surface area contributed by atoms with Crippen molar-refractivity contribution in [3.8, 4) is 0 Å². The summed E-state index contributed by atoms with van der Waals surface area (Å²) < 4.78 is 49.8. The summed E-state index contributed by atoms with van der Waals surface area (Å²) in [4.78, 5) is 22.1. The van der Waals surface area contributed by atoms with Crippen LogP contribution in [0.2, 0.25) is 0 Å². The quantitative estimate of drug-likeness (QED) is 0.251. The monoisotopic (exact) mass is 362 g/mol. The fourth-order valence-electron chi connectivity index (χ4n) is 3.42. The van der Waals surface area contributed by atoms with Gasteiger partial charge >= 0.3 is 11.9 Å². The molecule has 24 heavy (non-hydrogen) atoms. The molecule has 0 radical (unpaired) electrons. The first-order valence-corrected chi connectivity index (χ1v) is 8.91. The Morgan fingerprint density at radius 1 is 1.33 bits per heavy atom. The molecule has 0 saturated carbocycles. The van der Waals surface area contributed by atoms with E-state index in [1.165, 1.54) is 0 Å². The Morgan fingerprint density at radius 3 is 2.79 bits per heavy atom. The lowest BCUT2D eigenvalue weighted by Crippen LogP contribution is -2.50. The number of rotatable bonds is 7. The van der Waals surface area contributed by atoms with Gasteiger partial charge in [0.2, 0.25) is 0 Å². The number of fused-ring (bicyclic) bond motifs is 1. The SMILES string of the molecule is C=CC(=O)OCC(=O)OCCOC1C2CC3C(O2)C1(C)OS3(=O)=O. The Balaban J connectivity index is 1.45. The number of esters is 2. The molecule has 0 N–H and O–H groups in total. The van der Waals surface area contributed by atoms with Crippen LogP contribution >= 0.6 is 0 Å². The van der Waals surface area contributed by atoms with Gasteiger partial charge < -0.3 is 18.9 Å². The summed E-state index contributed by atoms with van der Waals surface area (Å²) in [6.45, 7) is 4.32. The summed E-state index contributed by atoms with van der Waals surface area (Å²) in [6.07, 6.45) is -0.155. The van der Waals surface area contributed by atoms with Gasteiger partial charge in [0.15, 0.2) is 6.61 Å². The van der Waals surface area contributed by atoms with Crippen LogP contribution in [0.4, 0.5) is 0 Å². The molecule has 5 unspecified atom stereocenters. The van der Waals surface area contributed by atoms with Gasteiger partial charge in [-0.2, -0.15) is 8.42 Å². The molecule has 9 nitrogen and oxygen atoms in total. The Labute approximate surface area is 139 Å². The van der Waals surface area contributed by atoms with E-state index in [0.717, 1.165) is 6.08 Å². The topological polar surface area (TPSA) is 114 Å².